The molecular formula is C17H29N5O3. The number of likely N-dealkylation sites (tertiary alicyclic amines) is 1. The lowest BCUT2D eigenvalue weighted by atomic mass is 9.95. The lowest BCUT2D eigenvalue weighted by molar-refractivity contribution is -0.138. The van der Waals surface area contributed by atoms with E-state index >= 15 is 0 Å². The first kappa shape index (κ1) is 19.4. The van der Waals surface area contributed by atoms with Gasteiger partial charge in [0.1, 0.15) is 18.7 Å². The highest BCUT2D eigenvalue weighted by atomic mass is 16.5. The molecule has 0 aromatic carbocycles. The van der Waals surface area contributed by atoms with Crippen LogP contribution < -0.4 is 5.32 Å². The summed E-state index contributed by atoms with van der Waals surface area (Å²) in [5.74, 6) is 0.0907. The number of aromatic nitrogens is 3. The molecule has 1 fully saturated rings. The average molecular weight is 351 g/mol. The summed E-state index contributed by atoms with van der Waals surface area (Å²) in [5.41, 5.74) is 0. The average Bonchev–Trinajstić information content (AvgIpc) is 3.14. The maximum Gasteiger partial charge on any atom is 0.247 e. The minimum Gasteiger partial charge on any atom is -0.379 e. The quantitative estimate of drug-likeness (QED) is 0.706. The van der Waals surface area contributed by atoms with Crippen molar-refractivity contribution in [1.82, 2.24) is 25.0 Å². The van der Waals surface area contributed by atoms with Crippen molar-refractivity contribution >= 4 is 11.8 Å². The van der Waals surface area contributed by atoms with Gasteiger partial charge >= 0.3 is 0 Å². The van der Waals surface area contributed by atoms with Crippen LogP contribution in [0.25, 0.3) is 0 Å². The Labute approximate surface area is 148 Å². The Bertz CT molecular complexity index is 538. The Kier molecular flexibility index (Phi) is 7.36. The van der Waals surface area contributed by atoms with Crippen LogP contribution in [0.2, 0.25) is 0 Å². The fraction of sp³-hybridized carbons (Fsp3) is 0.765. The molecule has 1 atom stereocenters. The third kappa shape index (κ3) is 5.81. The van der Waals surface area contributed by atoms with E-state index in [4.69, 9.17) is 4.74 Å². The molecule has 2 rings (SSSR count). The van der Waals surface area contributed by atoms with Crippen LogP contribution in [0.15, 0.2) is 12.7 Å². The summed E-state index contributed by atoms with van der Waals surface area (Å²) >= 11 is 0. The molecule has 2 amide bonds. The van der Waals surface area contributed by atoms with Crippen molar-refractivity contribution in [2.75, 3.05) is 26.2 Å². The van der Waals surface area contributed by atoms with Crippen molar-refractivity contribution in [1.29, 1.82) is 0 Å². The molecule has 1 aliphatic heterocycles. The van der Waals surface area contributed by atoms with Crippen LogP contribution in [-0.2, 0) is 14.3 Å². The topological polar surface area (TPSA) is 89.4 Å². The SMILES string of the molecule is CC(C)OCCCNC(=O)C1CCN(C(=O)[C@H](C)n2cncn2)CC1. The maximum atomic E-state index is 12.5. The molecule has 1 aliphatic rings. The zero-order valence-electron chi connectivity index (χ0n) is 15.4. The summed E-state index contributed by atoms with van der Waals surface area (Å²) in [5, 5.41) is 6.99. The van der Waals surface area contributed by atoms with Crippen LogP contribution in [0.1, 0.15) is 46.1 Å². The number of hydrogen-bond acceptors (Lipinski definition) is 5. The molecule has 1 aromatic heterocycles. The Morgan fingerprint density at radius 2 is 2.00 bits per heavy atom. The van der Waals surface area contributed by atoms with Crippen molar-refractivity contribution in [3.63, 3.8) is 0 Å². The van der Waals surface area contributed by atoms with Gasteiger partial charge in [-0.1, -0.05) is 0 Å². The van der Waals surface area contributed by atoms with Gasteiger partial charge in [-0.05, 0) is 40.0 Å². The van der Waals surface area contributed by atoms with E-state index in [0.29, 0.717) is 39.1 Å². The normalized spacial score (nSPS) is 16.9. The van der Waals surface area contributed by atoms with Gasteiger partial charge in [0.25, 0.3) is 0 Å². The zero-order valence-corrected chi connectivity index (χ0v) is 15.4. The lowest BCUT2D eigenvalue weighted by Gasteiger charge is -2.33. The summed E-state index contributed by atoms with van der Waals surface area (Å²) in [6.45, 7) is 8.31. The molecule has 0 radical (unpaired) electrons. The van der Waals surface area contributed by atoms with Gasteiger partial charge in [-0.3, -0.25) is 9.59 Å². The van der Waals surface area contributed by atoms with Gasteiger partial charge in [0.2, 0.25) is 11.8 Å². The summed E-state index contributed by atoms with van der Waals surface area (Å²) in [4.78, 5) is 30.4. The highest BCUT2D eigenvalue weighted by Gasteiger charge is 2.29. The molecule has 1 aromatic rings. The number of amides is 2. The third-order valence-corrected chi connectivity index (χ3v) is 4.44. The Hall–Kier alpha value is -1.96. The van der Waals surface area contributed by atoms with E-state index in [9.17, 15) is 9.59 Å². The van der Waals surface area contributed by atoms with Crippen LogP contribution in [0.5, 0.6) is 0 Å². The van der Waals surface area contributed by atoms with Gasteiger partial charge in [0.15, 0.2) is 0 Å². The first-order valence-corrected chi connectivity index (χ1v) is 9.01. The van der Waals surface area contributed by atoms with Gasteiger partial charge in [-0.15, -0.1) is 0 Å². The number of carbonyl (C=O) groups excluding carboxylic acids is 2. The molecule has 140 valence electrons. The van der Waals surface area contributed by atoms with Crippen molar-refractivity contribution < 1.29 is 14.3 Å². The molecule has 0 unspecified atom stereocenters. The fourth-order valence-electron chi connectivity index (χ4n) is 2.90. The van der Waals surface area contributed by atoms with E-state index in [1.807, 2.05) is 25.7 Å². The number of hydrogen-bond donors (Lipinski definition) is 1. The van der Waals surface area contributed by atoms with Crippen molar-refractivity contribution in [2.45, 2.75) is 52.2 Å². The molecule has 0 bridgehead atoms. The second-order valence-corrected chi connectivity index (χ2v) is 6.72. The van der Waals surface area contributed by atoms with Crippen molar-refractivity contribution in [3.8, 4) is 0 Å². The standard InChI is InChI=1S/C17H29N5O3/c1-13(2)25-10-4-7-19-16(23)15-5-8-21(9-6-15)17(24)14(3)22-12-18-11-20-22/h11-15H,4-10H2,1-3H3,(H,19,23)/t14-/m0/s1. The molecule has 8 heteroatoms. The number of nitrogens with one attached hydrogen (secondary N) is 1. The van der Waals surface area contributed by atoms with Gasteiger partial charge in [0, 0.05) is 32.2 Å². The smallest absolute Gasteiger partial charge is 0.247 e. The van der Waals surface area contributed by atoms with Gasteiger partial charge < -0.3 is 15.0 Å². The van der Waals surface area contributed by atoms with Crippen molar-refractivity contribution in [2.24, 2.45) is 5.92 Å². The molecular weight excluding hydrogens is 322 g/mol. The number of carbonyl (C=O) groups is 2. The molecule has 0 spiro atoms. The molecule has 1 saturated heterocycles. The largest absolute Gasteiger partial charge is 0.379 e. The van der Waals surface area contributed by atoms with E-state index in [2.05, 4.69) is 15.4 Å². The Balaban J connectivity index is 1.68. The zero-order chi connectivity index (χ0) is 18.2. The van der Waals surface area contributed by atoms with Crippen LogP contribution >= 0.6 is 0 Å². The molecule has 0 aliphatic carbocycles. The number of piperidine rings is 1. The minimum atomic E-state index is -0.367. The Morgan fingerprint density at radius 1 is 1.28 bits per heavy atom. The summed E-state index contributed by atoms with van der Waals surface area (Å²) in [6, 6.07) is -0.367. The fourth-order valence-corrected chi connectivity index (χ4v) is 2.90. The maximum absolute atomic E-state index is 12.5. The highest BCUT2D eigenvalue weighted by Crippen LogP contribution is 2.20. The molecule has 8 nitrogen and oxygen atoms in total. The van der Waals surface area contributed by atoms with E-state index in [-0.39, 0.29) is 29.9 Å². The molecule has 0 saturated carbocycles. The van der Waals surface area contributed by atoms with Crippen LogP contribution in [-0.4, -0.2) is 63.8 Å². The van der Waals surface area contributed by atoms with E-state index in [1.54, 1.807) is 11.0 Å². The van der Waals surface area contributed by atoms with Gasteiger partial charge in [0.05, 0.1) is 6.10 Å². The summed E-state index contributed by atoms with van der Waals surface area (Å²) in [7, 11) is 0. The summed E-state index contributed by atoms with van der Waals surface area (Å²) in [6.07, 6.45) is 5.40. The van der Waals surface area contributed by atoms with E-state index in [1.165, 1.54) is 6.33 Å². The predicted octanol–water partition coefficient (Wildman–Crippen LogP) is 1.01. The lowest BCUT2D eigenvalue weighted by Crippen LogP contribution is -2.45. The number of nitrogens with zero attached hydrogens (tertiary/aromatic N) is 4. The number of ether oxygens (including phenoxy) is 1. The van der Waals surface area contributed by atoms with Gasteiger partial charge in [-0.25, -0.2) is 9.67 Å². The summed E-state index contributed by atoms with van der Waals surface area (Å²) < 4.78 is 7.01. The Morgan fingerprint density at radius 3 is 2.60 bits per heavy atom. The first-order valence-electron chi connectivity index (χ1n) is 9.01. The van der Waals surface area contributed by atoms with Crippen LogP contribution in [0, 0.1) is 5.92 Å². The van der Waals surface area contributed by atoms with Gasteiger partial charge in [-0.2, -0.15) is 5.10 Å². The van der Waals surface area contributed by atoms with E-state index < -0.39 is 0 Å². The third-order valence-electron chi connectivity index (χ3n) is 4.44. The second-order valence-electron chi connectivity index (χ2n) is 6.72. The highest BCUT2D eigenvalue weighted by molar-refractivity contribution is 5.81. The predicted molar refractivity (Wildman–Crippen MR) is 92.8 cm³/mol. The molecule has 2 heterocycles. The monoisotopic (exact) mass is 351 g/mol. The number of rotatable bonds is 8. The van der Waals surface area contributed by atoms with Crippen LogP contribution in [0.4, 0.5) is 0 Å². The van der Waals surface area contributed by atoms with E-state index in [0.717, 1.165) is 6.42 Å². The van der Waals surface area contributed by atoms with Crippen LogP contribution in [0.3, 0.4) is 0 Å². The first-order chi connectivity index (χ1) is 12.0. The molecule has 25 heavy (non-hydrogen) atoms. The second kappa shape index (κ2) is 9.50. The van der Waals surface area contributed by atoms with Crippen molar-refractivity contribution in [3.05, 3.63) is 12.7 Å². The molecule has 1 N–H and O–H groups in total. The minimum absolute atomic E-state index is 0.0169.